The zero-order chi connectivity index (χ0) is 37.8. The summed E-state index contributed by atoms with van der Waals surface area (Å²) in [6.45, 7) is 4.00. The van der Waals surface area contributed by atoms with Crippen LogP contribution in [0.2, 0.25) is 0 Å². The Morgan fingerprint density at radius 3 is 0.661 bits per heavy atom. The maximum atomic E-state index is 12.1. The van der Waals surface area contributed by atoms with Gasteiger partial charge in [0, 0.05) is 36.6 Å². The molecule has 0 N–H and O–H groups in total. The Balaban J connectivity index is 0.000000347. The van der Waals surface area contributed by atoms with Crippen LogP contribution in [0.5, 0.6) is 0 Å². The Bertz CT molecular complexity index is 2000. The number of rotatable bonds is 4. The first-order valence-electron chi connectivity index (χ1n) is 16.6. The third kappa shape index (κ3) is 7.44. The minimum Gasteiger partial charge on any atom is -0.277 e. The van der Waals surface area contributed by atoms with Crippen molar-refractivity contribution in [1.29, 1.82) is 0 Å². The first kappa shape index (κ1) is 45.7. The molecule has 8 rings (SSSR count). The van der Waals surface area contributed by atoms with Crippen molar-refractivity contribution in [3.05, 3.63) is 140 Å². The first-order valence-corrected chi connectivity index (χ1v) is 16.6. The van der Waals surface area contributed by atoms with Crippen LogP contribution in [0.1, 0.15) is 141 Å². The van der Waals surface area contributed by atoms with Crippen LogP contribution in [-0.2, 0) is 12.8 Å². The molecule has 56 heavy (non-hydrogen) atoms. The van der Waals surface area contributed by atoms with Crippen molar-refractivity contribution >= 4 is 55.7 Å². The quantitative estimate of drug-likeness (QED) is 0.182. The molecule has 0 aliphatic carbocycles. The van der Waals surface area contributed by atoms with Crippen LogP contribution in [0.15, 0.2) is 72.8 Å². The lowest BCUT2D eigenvalue weighted by Gasteiger charge is -2.05. The van der Waals surface area contributed by atoms with Gasteiger partial charge in [-0.2, -0.15) is 0 Å². The summed E-state index contributed by atoms with van der Waals surface area (Å²) in [6.07, 6.45) is 0.994. The van der Waals surface area contributed by atoms with Crippen LogP contribution in [0, 0.1) is 0 Å². The van der Waals surface area contributed by atoms with E-state index in [1.54, 1.807) is 72.8 Å². The number of carbonyl (C=O) groups is 8. The molecule has 0 saturated heterocycles. The summed E-state index contributed by atoms with van der Waals surface area (Å²) in [5, 5.41) is 0. The molecule has 0 atom stereocenters. The lowest BCUT2D eigenvalue weighted by molar-refractivity contribution is 0.0677. The van der Waals surface area contributed by atoms with Gasteiger partial charge in [0.15, 0.2) is 0 Å². The number of hydrogen-bond acceptors (Lipinski definition) is 8. The highest BCUT2D eigenvalue weighted by molar-refractivity contribution is 6.23. The fraction of sp³-hybridized carbons (Fsp3) is 0.256. The van der Waals surface area contributed by atoms with Crippen molar-refractivity contribution in [3.8, 4) is 0 Å². The van der Waals surface area contributed by atoms with Gasteiger partial charge in [-0.25, -0.2) is 0 Å². The summed E-state index contributed by atoms with van der Waals surface area (Å²) < 4.78 is 0. The van der Waals surface area contributed by atoms with Gasteiger partial charge in [-0.05, 0) is 83.6 Å². The van der Waals surface area contributed by atoms with E-state index in [1.807, 2.05) is 13.8 Å². The predicted molar refractivity (Wildman–Crippen MR) is 214 cm³/mol. The summed E-state index contributed by atoms with van der Waals surface area (Å²) in [6, 6.07) is 20.7. The first-order chi connectivity index (χ1) is 24.8. The number of imide groups is 4. The van der Waals surface area contributed by atoms with Crippen LogP contribution in [0.25, 0.3) is 0 Å². The standard InChI is InChI=1S/2C19H14N2O4.C2H6.3CH4.B/c2*1-20-16(22)12-5-3-10(8-14(12)18(20)24)7-11-4-6-13-15(9-11)19(25)21(2)17(13)23;1-2;;;;/h2*3-6,8-9H,7H2,1-2H3;1-2H3;3*1H4;. The summed E-state index contributed by atoms with van der Waals surface area (Å²) in [5.41, 5.74) is 6.69. The molecule has 3 radical (unpaired) electrons. The second-order valence-electron chi connectivity index (χ2n) is 12.6. The fourth-order valence-electron chi connectivity index (χ4n) is 6.54. The minimum absolute atomic E-state index is 0. The van der Waals surface area contributed by atoms with E-state index in [2.05, 4.69) is 0 Å². The van der Waals surface area contributed by atoms with Crippen LogP contribution >= 0.6 is 0 Å². The molecule has 4 aromatic rings. The Morgan fingerprint density at radius 2 is 0.482 bits per heavy atom. The maximum Gasteiger partial charge on any atom is 0.261 e. The molecule has 0 bridgehead atoms. The molecule has 289 valence electrons. The topological polar surface area (TPSA) is 150 Å². The van der Waals surface area contributed by atoms with E-state index in [1.165, 1.54) is 28.2 Å². The number of benzene rings is 4. The summed E-state index contributed by atoms with van der Waals surface area (Å²) in [7, 11) is 5.85. The molecule has 12 nitrogen and oxygen atoms in total. The molecule has 13 heteroatoms. The minimum atomic E-state index is -0.307. The number of fused-ring (bicyclic) bond motifs is 4. The highest BCUT2D eigenvalue weighted by Crippen LogP contribution is 2.28. The zero-order valence-electron chi connectivity index (χ0n) is 30.0. The summed E-state index contributed by atoms with van der Waals surface area (Å²) in [5.74, 6) is -2.41. The van der Waals surface area contributed by atoms with E-state index < -0.39 is 0 Å². The molecule has 0 unspecified atom stereocenters. The predicted octanol–water partition coefficient (Wildman–Crippen LogP) is 6.01. The molecular formula is C43H46BN4O8. The third-order valence-electron chi connectivity index (χ3n) is 9.43. The third-order valence-corrected chi connectivity index (χ3v) is 9.43. The van der Waals surface area contributed by atoms with Gasteiger partial charge in [0.2, 0.25) is 0 Å². The van der Waals surface area contributed by atoms with Crippen LogP contribution in [0.3, 0.4) is 0 Å². The number of hydrogen-bond donors (Lipinski definition) is 0. The Morgan fingerprint density at radius 1 is 0.321 bits per heavy atom. The lowest BCUT2D eigenvalue weighted by Crippen LogP contribution is -2.24. The molecule has 0 aromatic heterocycles. The maximum absolute atomic E-state index is 12.1. The van der Waals surface area contributed by atoms with E-state index in [0.717, 1.165) is 41.9 Å². The van der Waals surface area contributed by atoms with Crippen molar-refractivity contribution in [3.63, 3.8) is 0 Å². The fourth-order valence-corrected chi connectivity index (χ4v) is 6.54. The van der Waals surface area contributed by atoms with E-state index >= 15 is 0 Å². The van der Waals surface area contributed by atoms with Crippen LogP contribution < -0.4 is 0 Å². The van der Waals surface area contributed by atoms with Crippen molar-refractivity contribution in [1.82, 2.24) is 19.6 Å². The second-order valence-corrected chi connectivity index (χ2v) is 12.6. The molecule has 4 heterocycles. The molecule has 0 fully saturated rings. The Kier molecular flexibility index (Phi) is 14.1. The van der Waals surface area contributed by atoms with Gasteiger partial charge in [-0.15, -0.1) is 0 Å². The Hall–Kier alpha value is -6.50. The monoisotopic (exact) mass is 757 g/mol. The average Bonchev–Trinajstić information content (AvgIpc) is 3.69. The highest BCUT2D eigenvalue weighted by atomic mass is 16.2. The summed E-state index contributed by atoms with van der Waals surface area (Å²) >= 11 is 0. The van der Waals surface area contributed by atoms with Gasteiger partial charge in [0.05, 0.1) is 44.5 Å². The van der Waals surface area contributed by atoms with Gasteiger partial charge in [0.25, 0.3) is 47.3 Å². The lowest BCUT2D eigenvalue weighted by atomic mass is 9.98. The van der Waals surface area contributed by atoms with Crippen molar-refractivity contribution < 1.29 is 38.4 Å². The molecule has 0 saturated carbocycles. The van der Waals surface area contributed by atoms with Gasteiger partial charge in [-0.1, -0.05) is 60.4 Å². The van der Waals surface area contributed by atoms with E-state index in [9.17, 15) is 38.4 Å². The zero-order valence-corrected chi connectivity index (χ0v) is 30.0. The summed E-state index contributed by atoms with van der Waals surface area (Å²) in [4.78, 5) is 101. The highest BCUT2D eigenvalue weighted by Gasteiger charge is 2.36. The van der Waals surface area contributed by atoms with Crippen molar-refractivity contribution in [2.24, 2.45) is 0 Å². The van der Waals surface area contributed by atoms with E-state index in [4.69, 9.17) is 0 Å². The molecule has 4 aliphatic heterocycles. The largest absolute Gasteiger partial charge is 0.277 e. The molecule has 8 amide bonds. The van der Waals surface area contributed by atoms with Gasteiger partial charge in [-0.3, -0.25) is 58.0 Å². The number of amides is 8. The van der Waals surface area contributed by atoms with Gasteiger partial charge >= 0.3 is 0 Å². The van der Waals surface area contributed by atoms with Gasteiger partial charge < -0.3 is 0 Å². The van der Waals surface area contributed by atoms with Crippen molar-refractivity contribution in [2.75, 3.05) is 28.2 Å². The van der Waals surface area contributed by atoms with Crippen LogP contribution in [-0.4, -0.2) is 103 Å². The average molecular weight is 758 g/mol. The Labute approximate surface area is 329 Å². The van der Waals surface area contributed by atoms with Crippen molar-refractivity contribution in [2.45, 2.75) is 49.0 Å². The van der Waals surface area contributed by atoms with Gasteiger partial charge in [0.1, 0.15) is 0 Å². The molecule has 4 aromatic carbocycles. The van der Waals surface area contributed by atoms with E-state index in [-0.39, 0.29) is 78.0 Å². The SMILES string of the molecule is C.C.C.CC.CN1C(=O)c2ccc(Cc3ccc4c(c3)C(=O)N(C)C4=O)cc2C1=O.CN1C(=O)c2ccc(Cc3ccc4c(c3)C(=O)N(C)C4=O)cc2C1=O.[B]. The van der Waals surface area contributed by atoms with Crippen LogP contribution in [0.4, 0.5) is 0 Å². The second kappa shape index (κ2) is 17.3. The smallest absolute Gasteiger partial charge is 0.261 e. The molecule has 4 aliphatic rings. The molecular weight excluding hydrogens is 711 g/mol. The normalized spacial score (nSPS) is 14.3. The van der Waals surface area contributed by atoms with E-state index in [0.29, 0.717) is 57.3 Å². The number of carbonyl (C=O) groups excluding carboxylic acids is 8. The number of nitrogens with zero attached hydrogens (tertiary/aromatic N) is 4. The molecule has 0 spiro atoms.